The number of carbonyl (C=O) groups excluding carboxylic acids is 1. The SMILES string of the molecule is C=CCOc1ccc(C(=O)c2c(Cl)cc(Cl)cc2Cl)cc1Cc1ccc(=O)[nH]n1. The first kappa shape index (κ1) is 21.1. The number of benzene rings is 2. The monoisotopic (exact) mass is 448 g/mol. The number of hydrogen-bond donors (Lipinski definition) is 1. The van der Waals surface area contributed by atoms with Crippen LogP contribution in [0.15, 0.2) is 59.9 Å². The smallest absolute Gasteiger partial charge is 0.264 e. The lowest BCUT2D eigenvalue weighted by Crippen LogP contribution is -2.09. The van der Waals surface area contributed by atoms with Gasteiger partial charge in [0.25, 0.3) is 5.56 Å². The third-order valence-electron chi connectivity index (χ3n) is 4.02. The van der Waals surface area contributed by atoms with Gasteiger partial charge in [0.05, 0.1) is 21.3 Å². The first-order chi connectivity index (χ1) is 13.9. The minimum atomic E-state index is -0.345. The topological polar surface area (TPSA) is 72.1 Å². The molecule has 0 saturated heterocycles. The van der Waals surface area contributed by atoms with E-state index in [2.05, 4.69) is 16.8 Å². The fourth-order valence-corrected chi connectivity index (χ4v) is 3.71. The number of aromatic nitrogens is 2. The number of ketones is 1. The van der Waals surface area contributed by atoms with E-state index in [0.29, 0.717) is 40.6 Å². The summed E-state index contributed by atoms with van der Waals surface area (Å²) in [5, 5.41) is 7.08. The van der Waals surface area contributed by atoms with E-state index in [-0.39, 0.29) is 27.0 Å². The highest BCUT2D eigenvalue weighted by Crippen LogP contribution is 2.32. The van der Waals surface area contributed by atoms with Crippen molar-refractivity contribution in [2.45, 2.75) is 6.42 Å². The fourth-order valence-electron chi connectivity index (χ4n) is 2.72. The molecule has 148 valence electrons. The van der Waals surface area contributed by atoms with Gasteiger partial charge in [-0.1, -0.05) is 47.5 Å². The van der Waals surface area contributed by atoms with Gasteiger partial charge in [-0.05, 0) is 36.4 Å². The molecule has 3 rings (SSSR count). The van der Waals surface area contributed by atoms with Gasteiger partial charge in [0, 0.05) is 28.6 Å². The lowest BCUT2D eigenvalue weighted by molar-refractivity contribution is 0.103. The summed E-state index contributed by atoms with van der Waals surface area (Å²) >= 11 is 18.3. The Labute approximate surface area is 181 Å². The number of nitrogens with one attached hydrogen (secondary N) is 1. The van der Waals surface area contributed by atoms with Gasteiger partial charge in [0.2, 0.25) is 0 Å². The number of aromatic amines is 1. The largest absolute Gasteiger partial charge is 0.489 e. The van der Waals surface area contributed by atoms with Crippen molar-refractivity contribution < 1.29 is 9.53 Å². The molecule has 0 aliphatic rings. The van der Waals surface area contributed by atoms with Crippen LogP contribution in [0.3, 0.4) is 0 Å². The molecular formula is C21H15Cl3N2O3. The Balaban J connectivity index is 2.02. The molecular weight excluding hydrogens is 435 g/mol. The minimum absolute atomic E-state index is 0.170. The van der Waals surface area contributed by atoms with Crippen molar-refractivity contribution in [2.24, 2.45) is 0 Å². The van der Waals surface area contributed by atoms with Gasteiger partial charge in [-0.25, -0.2) is 5.10 Å². The van der Waals surface area contributed by atoms with E-state index < -0.39 is 0 Å². The lowest BCUT2D eigenvalue weighted by atomic mass is 9.98. The molecule has 0 fully saturated rings. The Morgan fingerprint density at radius 3 is 2.45 bits per heavy atom. The summed E-state index contributed by atoms with van der Waals surface area (Å²) in [4.78, 5) is 24.3. The maximum absolute atomic E-state index is 13.0. The number of hydrogen-bond acceptors (Lipinski definition) is 4. The van der Waals surface area contributed by atoms with Crippen LogP contribution in [0.2, 0.25) is 15.1 Å². The highest BCUT2D eigenvalue weighted by molar-refractivity contribution is 6.43. The molecule has 3 aromatic rings. The van der Waals surface area contributed by atoms with Crippen molar-refractivity contribution in [1.82, 2.24) is 10.2 Å². The van der Waals surface area contributed by atoms with Gasteiger partial charge < -0.3 is 4.74 Å². The fraction of sp³-hybridized carbons (Fsp3) is 0.0952. The lowest BCUT2D eigenvalue weighted by Gasteiger charge is -2.13. The molecule has 1 heterocycles. The van der Waals surface area contributed by atoms with Gasteiger partial charge in [0.15, 0.2) is 5.78 Å². The molecule has 1 N–H and O–H groups in total. The number of carbonyl (C=O) groups is 1. The average molecular weight is 450 g/mol. The maximum Gasteiger partial charge on any atom is 0.264 e. The summed E-state index contributed by atoms with van der Waals surface area (Å²) < 4.78 is 5.69. The van der Waals surface area contributed by atoms with Gasteiger partial charge in [-0.3, -0.25) is 9.59 Å². The molecule has 0 bridgehead atoms. The predicted octanol–water partition coefficient (Wildman–Crippen LogP) is 5.12. The van der Waals surface area contributed by atoms with Crippen molar-refractivity contribution in [2.75, 3.05) is 6.61 Å². The van der Waals surface area contributed by atoms with Crippen molar-refractivity contribution in [3.8, 4) is 5.75 Å². The normalized spacial score (nSPS) is 10.6. The summed E-state index contributed by atoms with van der Waals surface area (Å²) in [6.07, 6.45) is 1.96. The Bertz CT molecular complexity index is 1100. The van der Waals surface area contributed by atoms with Crippen LogP contribution < -0.4 is 10.3 Å². The molecule has 0 spiro atoms. The molecule has 0 amide bonds. The van der Waals surface area contributed by atoms with Crippen LogP contribution in [0.5, 0.6) is 5.75 Å². The second kappa shape index (κ2) is 9.27. The quantitative estimate of drug-likeness (QED) is 0.401. The van der Waals surface area contributed by atoms with E-state index in [1.165, 1.54) is 18.2 Å². The third kappa shape index (κ3) is 5.07. The van der Waals surface area contributed by atoms with Crippen LogP contribution >= 0.6 is 34.8 Å². The Morgan fingerprint density at radius 2 is 1.83 bits per heavy atom. The van der Waals surface area contributed by atoms with Gasteiger partial charge in [0.1, 0.15) is 12.4 Å². The van der Waals surface area contributed by atoms with E-state index in [1.807, 2.05) is 0 Å². The van der Waals surface area contributed by atoms with E-state index in [9.17, 15) is 9.59 Å². The van der Waals surface area contributed by atoms with Crippen molar-refractivity contribution in [1.29, 1.82) is 0 Å². The standard InChI is InChI=1S/C21H15Cl3N2O3/c1-2-7-29-18-5-3-12(8-13(18)9-15-4-6-19(27)26-25-15)21(28)20-16(23)10-14(22)11-17(20)24/h2-6,8,10-11H,1,7,9H2,(H,26,27). The number of rotatable bonds is 7. The molecule has 0 atom stereocenters. The van der Waals surface area contributed by atoms with E-state index in [4.69, 9.17) is 39.5 Å². The summed E-state index contributed by atoms with van der Waals surface area (Å²) in [6.45, 7) is 3.94. The van der Waals surface area contributed by atoms with Crippen LogP contribution in [0, 0.1) is 0 Å². The van der Waals surface area contributed by atoms with Gasteiger partial charge in [-0.2, -0.15) is 5.10 Å². The summed E-state index contributed by atoms with van der Waals surface area (Å²) in [5.74, 6) is 0.227. The van der Waals surface area contributed by atoms with Crippen LogP contribution in [-0.4, -0.2) is 22.6 Å². The molecule has 5 nitrogen and oxygen atoms in total. The first-order valence-electron chi connectivity index (χ1n) is 8.49. The second-order valence-corrected chi connectivity index (χ2v) is 7.34. The summed E-state index contributed by atoms with van der Waals surface area (Å²) in [7, 11) is 0. The molecule has 0 aliphatic heterocycles. The molecule has 0 unspecified atom stereocenters. The Hall–Kier alpha value is -2.60. The van der Waals surface area contributed by atoms with E-state index in [0.717, 1.165) is 0 Å². The highest BCUT2D eigenvalue weighted by Gasteiger charge is 2.19. The van der Waals surface area contributed by atoms with Crippen molar-refractivity contribution >= 4 is 40.6 Å². The molecule has 2 aromatic carbocycles. The van der Waals surface area contributed by atoms with Crippen molar-refractivity contribution in [3.63, 3.8) is 0 Å². The molecule has 0 aliphatic carbocycles. The second-order valence-electron chi connectivity index (χ2n) is 6.09. The first-order valence-corrected chi connectivity index (χ1v) is 9.63. The van der Waals surface area contributed by atoms with Gasteiger partial charge >= 0.3 is 0 Å². The van der Waals surface area contributed by atoms with Crippen LogP contribution in [0.4, 0.5) is 0 Å². The van der Waals surface area contributed by atoms with E-state index >= 15 is 0 Å². The molecule has 1 aromatic heterocycles. The molecule has 0 saturated carbocycles. The molecule has 0 radical (unpaired) electrons. The van der Waals surface area contributed by atoms with Crippen LogP contribution in [-0.2, 0) is 6.42 Å². The molecule has 29 heavy (non-hydrogen) atoms. The number of ether oxygens (including phenoxy) is 1. The van der Waals surface area contributed by atoms with Crippen LogP contribution in [0.1, 0.15) is 27.2 Å². The number of nitrogens with zero attached hydrogens (tertiary/aromatic N) is 1. The highest BCUT2D eigenvalue weighted by atomic mass is 35.5. The number of halogens is 3. The van der Waals surface area contributed by atoms with Gasteiger partial charge in [-0.15, -0.1) is 0 Å². The molecule has 8 heteroatoms. The summed E-state index contributed by atoms with van der Waals surface area (Å²) in [5.41, 5.74) is 1.57. The summed E-state index contributed by atoms with van der Waals surface area (Å²) in [6, 6.07) is 10.9. The average Bonchev–Trinajstić information content (AvgIpc) is 2.68. The third-order valence-corrected chi connectivity index (χ3v) is 4.84. The zero-order valence-electron chi connectivity index (χ0n) is 15.0. The zero-order valence-corrected chi connectivity index (χ0v) is 17.3. The Kier molecular flexibility index (Phi) is 6.75. The zero-order chi connectivity index (χ0) is 21.0. The van der Waals surface area contributed by atoms with Crippen molar-refractivity contribution in [3.05, 3.63) is 103 Å². The maximum atomic E-state index is 13.0. The predicted molar refractivity (Wildman–Crippen MR) is 115 cm³/mol. The van der Waals surface area contributed by atoms with Crippen LogP contribution in [0.25, 0.3) is 0 Å². The van der Waals surface area contributed by atoms with E-state index in [1.54, 1.807) is 30.3 Å². The Morgan fingerprint density at radius 1 is 1.10 bits per heavy atom. The minimum Gasteiger partial charge on any atom is -0.489 e. The number of H-pyrrole nitrogens is 1.